The Morgan fingerprint density at radius 2 is 2.09 bits per heavy atom. The number of piperidine rings is 1. The molecule has 1 aliphatic heterocycles. The van der Waals surface area contributed by atoms with Crippen LogP contribution in [0.1, 0.15) is 42.9 Å². The molecule has 2 amide bonds. The highest BCUT2D eigenvalue weighted by Gasteiger charge is 2.28. The Bertz CT molecular complexity index is 1060. The average Bonchev–Trinajstić information content (AvgIpc) is 3.46. The van der Waals surface area contributed by atoms with E-state index in [9.17, 15) is 9.59 Å². The number of carbonyl (C=O) groups is 2. The molecule has 2 aromatic heterocycles. The largest absolute Gasteiger partial charge is 0.350 e. The van der Waals surface area contributed by atoms with E-state index in [1.807, 2.05) is 37.4 Å². The lowest BCUT2D eigenvalue weighted by Crippen LogP contribution is -2.40. The molecule has 32 heavy (non-hydrogen) atoms. The van der Waals surface area contributed by atoms with Crippen LogP contribution in [0.15, 0.2) is 46.3 Å². The number of likely N-dealkylation sites (tertiary alicyclic amines) is 1. The Morgan fingerprint density at radius 1 is 1.25 bits per heavy atom. The number of para-hydroxylation sites is 1. The van der Waals surface area contributed by atoms with Gasteiger partial charge < -0.3 is 15.2 Å². The van der Waals surface area contributed by atoms with Crippen LogP contribution in [0.5, 0.6) is 0 Å². The van der Waals surface area contributed by atoms with Crippen LogP contribution in [-0.2, 0) is 11.3 Å². The van der Waals surface area contributed by atoms with Crippen molar-refractivity contribution in [3.05, 3.63) is 53.2 Å². The lowest BCUT2D eigenvalue weighted by Gasteiger charge is -2.31. The third-order valence-corrected chi connectivity index (χ3v) is 6.16. The van der Waals surface area contributed by atoms with Crippen molar-refractivity contribution in [3.8, 4) is 10.7 Å². The van der Waals surface area contributed by atoms with Crippen molar-refractivity contribution < 1.29 is 14.1 Å². The maximum absolute atomic E-state index is 13.0. The molecule has 4 rings (SSSR count). The van der Waals surface area contributed by atoms with Crippen molar-refractivity contribution in [2.75, 3.05) is 18.4 Å². The molecule has 3 aromatic rings. The van der Waals surface area contributed by atoms with E-state index in [1.54, 1.807) is 29.5 Å². The van der Waals surface area contributed by atoms with Gasteiger partial charge in [-0.15, -0.1) is 11.3 Å². The summed E-state index contributed by atoms with van der Waals surface area (Å²) < 4.78 is 5.42. The Balaban J connectivity index is 1.38. The third kappa shape index (κ3) is 5.41. The van der Waals surface area contributed by atoms with Crippen molar-refractivity contribution in [1.82, 2.24) is 20.4 Å². The van der Waals surface area contributed by atoms with Crippen molar-refractivity contribution >= 4 is 28.8 Å². The molecule has 1 atom stereocenters. The number of benzene rings is 1. The molecule has 0 saturated carbocycles. The van der Waals surface area contributed by atoms with Gasteiger partial charge in [0, 0.05) is 12.6 Å². The fourth-order valence-corrected chi connectivity index (χ4v) is 4.44. The summed E-state index contributed by atoms with van der Waals surface area (Å²) in [5.74, 6) is 0.691. The first-order valence-corrected chi connectivity index (χ1v) is 11.7. The average molecular weight is 454 g/mol. The van der Waals surface area contributed by atoms with E-state index < -0.39 is 0 Å². The molecule has 2 N–H and O–H groups in total. The van der Waals surface area contributed by atoms with E-state index in [1.165, 1.54) is 0 Å². The number of anilines is 1. The van der Waals surface area contributed by atoms with Crippen LogP contribution in [0, 0.1) is 5.92 Å². The summed E-state index contributed by atoms with van der Waals surface area (Å²) >= 11 is 1.57. The molecule has 1 saturated heterocycles. The Labute approximate surface area is 191 Å². The number of hydrogen-bond acceptors (Lipinski definition) is 7. The standard InChI is InChI=1S/C23H27N5O3S/c1-15(2)24-23(30)17-8-3-4-9-18(17)25-22(29)16-7-5-11-28(13-16)14-20-26-21(27-31-20)19-10-6-12-32-19/h3-4,6,8-10,12,15-16H,5,7,11,13-14H2,1-2H3,(H,24,30)(H,25,29). The Morgan fingerprint density at radius 3 is 2.88 bits per heavy atom. The van der Waals surface area contributed by atoms with Crippen molar-refractivity contribution in [2.45, 2.75) is 39.3 Å². The molecule has 3 heterocycles. The van der Waals surface area contributed by atoms with Gasteiger partial charge in [0.25, 0.3) is 5.91 Å². The molecule has 0 radical (unpaired) electrons. The zero-order chi connectivity index (χ0) is 22.5. The Hall–Kier alpha value is -3.04. The first-order valence-electron chi connectivity index (χ1n) is 10.8. The number of thiophene rings is 1. The molecule has 1 unspecified atom stereocenters. The van der Waals surface area contributed by atoms with E-state index in [0.717, 1.165) is 24.3 Å². The van der Waals surface area contributed by atoms with Gasteiger partial charge in [-0.2, -0.15) is 4.98 Å². The van der Waals surface area contributed by atoms with Crippen molar-refractivity contribution in [3.63, 3.8) is 0 Å². The number of rotatable bonds is 7. The van der Waals surface area contributed by atoms with Crippen LogP contribution in [0.4, 0.5) is 5.69 Å². The number of carbonyl (C=O) groups excluding carboxylic acids is 2. The van der Waals surface area contributed by atoms with Gasteiger partial charge in [-0.05, 0) is 56.8 Å². The number of aromatic nitrogens is 2. The van der Waals surface area contributed by atoms with Crippen LogP contribution >= 0.6 is 11.3 Å². The maximum Gasteiger partial charge on any atom is 0.253 e. The van der Waals surface area contributed by atoms with Gasteiger partial charge in [-0.1, -0.05) is 23.4 Å². The van der Waals surface area contributed by atoms with Crippen molar-refractivity contribution in [2.24, 2.45) is 5.92 Å². The van der Waals surface area contributed by atoms with Crippen LogP contribution in [0.2, 0.25) is 0 Å². The van der Waals surface area contributed by atoms with Gasteiger partial charge in [0.2, 0.25) is 17.6 Å². The minimum Gasteiger partial charge on any atom is -0.350 e. The second-order valence-corrected chi connectivity index (χ2v) is 9.17. The van der Waals surface area contributed by atoms with E-state index in [2.05, 4.69) is 25.7 Å². The fraction of sp³-hybridized carbons (Fsp3) is 0.391. The lowest BCUT2D eigenvalue weighted by atomic mass is 9.96. The van der Waals surface area contributed by atoms with E-state index >= 15 is 0 Å². The molecule has 8 nitrogen and oxygen atoms in total. The molecule has 9 heteroatoms. The highest BCUT2D eigenvalue weighted by atomic mass is 32.1. The normalized spacial score (nSPS) is 16.8. The zero-order valence-corrected chi connectivity index (χ0v) is 19.0. The van der Waals surface area contributed by atoms with E-state index in [-0.39, 0.29) is 23.8 Å². The van der Waals surface area contributed by atoms with Gasteiger partial charge >= 0.3 is 0 Å². The first kappa shape index (κ1) is 22.2. The summed E-state index contributed by atoms with van der Waals surface area (Å²) in [6, 6.07) is 11.0. The molecule has 1 aromatic carbocycles. The van der Waals surface area contributed by atoms with Gasteiger partial charge in [-0.3, -0.25) is 14.5 Å². The van der Waals surface area contributed by atoms with Crippen LogP contribution in [0.3, 0.4) is 0 Å². The summed E-state index contributed by atoms with van der Waals surface area (Å²) in [5, 5.41) is 11.9. The molecular weight excluding hydrogens is 426 g/mol. The fourth-order valence-electron chi connectivity index (χ4n) is 3.79. The third-order valence-electron chi connectivity index (χ3n) is 5.29. The second-order valence-electron chi connectivity index (χ2n) is 8.23. The highest BCUT2D eigenvalue weighted by molar-refractivity contribution is 7.13. The molecule has 0 spiro atoms. The smallest absolute Gasteiger partial charge is 0.253 e. The minimum atomic E-state index is -0.195. The van der Waals surface area contributed by atoms with E-state index in [4.69, 9.17) is 4.52 Å². The SMILES string of the molecule is CC(C)NC(=O)c1ccccc1NC(=O)C1CCCN(Cc2nc(-c3cccs3)no2)C1. The van der Waals surface area contributed by atoms with Gasteiger partial charge in [0.15, 0.2) is 0 Å². The summed E-state index contributed by atoms with van der Waals surface area (Å²) in [4.78, 5) is 33.1. The monoisotopic (exact) mass is 453 g/mol. The van der Waals surface area contributed by atoms with Crippen LogP contribution in [0.25, 0.3) is 10.7 Å². The summed E-state index contributed by atoms with van der Waals surface area (Å²) in [5.41, 5.74) is 0.999. The molecule has 1 fully saturated rings. The van der Waals surface area contributed by atoms with Crippen molar-refractivity contribution in [1.29, 1.82) is 0 Å². The summed E-state index contributed by atoms with van der Waals surface area (Å²) in [6.07, 6.45) is 1.70. The highest BCUT2D eigenvalue weighted by Crippen LogP contribution is 2.24. The second kappa shape index (κ2) is 10.1. The molecule has 1 aliphatic rings. The molecule has 0 bridgehead atoms. The van der Waals surface area contributed by atoms with E-state index in [0.29, 0.717) is 36.1 Å². The van der Waals surface area contributed by atoms with Gasteiger partial charge in [0.1, 0.15) is 0 Å². The predicted molar refractivity (Wildman–Crippen MR) is 123 cm³/mol. The van der Waals surface area contributed by atoms with Gasteiger partial charge in [-0.25, -0.2) is 0 Å². The topological polar surface area (TPSA) is 100 Å². The first-order chi connectivity index (χ1) is 15.5. The molecular formula is C23H27N5O3S. The number of hydrogen-bond donors (Lipinski definition) is 2. The van der Waals surface area contributed by atoms with Gasteiger partial charge in [0.05, 0.1) is 28.6 Å². The maximum atomic E-state index is 13.0. The minimum absolute atomic E-state index is 0.0168. The molecule has 0 aliphatic carbocycles. The number of nitrogens with zero attached hydrogens (tertiary/aromatic N) is 3. The lowest BCUT2D eigenvalue weighted by molar-refractivity contribution is -0.121. The quantitative estimate of drug-likeness (QED) is 0.565. The zero-order valence-electron chi connectivity index (χ0n) is 18.2. The summed E-state index contributed by atoms with van der Waals surface area (Å²) in [6.45, 7) is 5.79. The predicted octanol–water partition coefficient (Wildman–Crippen LogP) is 3.79. The summed E-state index contributed by atoms with van der Waals surface area (Å²) in [7, 11) is 0. The van der Waals surface area contributed by atoms with Crippen LogP contribution < -0.4 is 10.6 Å². The number of amides is 2. The Kier molecular flexibility index (Phi) is 6.96. The number of nitrogens with one attached hydrogen (secondary N) is 2. The van der Waals surface area contributed by atoms with Crippen LogP contribution in [-0.4, -0.2) is 46.0 Å². The molecule has 168 valence electrons.